The minimum atomic E-state index is -0.520. The van der Waals surface area contributed by atoms with Crippen LogP contribution in [-0.2, 0) is 17.7 Å². The molecule has 8 heteroatoms. The lowest BCUT2D eigenvalue weighted by Crippen LogP contribution is -2.35. The summed E-state index contributed by atoms with van der Waals surface area (Å²) >= 11 is 1.38. The number of hydrogen-bond acceptors (Lipinski definition) is 6. The van der Waals surface area contributed by atoms with Crippen LogP contribution in [0.4, 0.5) is 9.93 Å². The largest absolute Gasteiger partial charge is 0.493 e. The van der Waals surface area contributed by atoms with Crippen molar-refractivity contribution in [2.75, 3.05) is 25.1 Å². The molecule has 0 spiro atoms. The Balaban J connectivity index is 1.61. The van der Waals surface area contributed by atoms with Gasteiger partial charge in [-0.15, -0.1) is 0 Å². The highest BCUT2D eigenvalue weighted by atomic mass is 32.1. The normalized spacial score (nSPS) is 13.1. The molecule has 0 saturated heterocycles. The zero-order valence-corrected chi connectivity index (χ0v) is 17.8. The van der Waals surface area contributed by atoms with Crippen molar-refractivity contribution in [1.29, 1.82) is 0 Å². The molecule has 0 fully saturated rings. The van der Waals surface area contributed by atoms with Crippen LogP contribution in [0.15, 0.2) is 36.4 Å². The van der Waals surface area contributed by atoms with E-state index in [2.05, 4.69) is 10.3 Å². The summed E-state index contributed by atoms with van der Waals surface area (Å²) in [4.78, 5) is 32.5. The van der Waals surface area contributed by atoms with Gasteiger partial charge in [-0.3, -0.25) is 10.1 Å². The van der Waals surface area contributed by atoms with Crippen LogP contribution in [0.25, 0.3) is 10.8 Å². The van der Waals surface area contributed by atoms with Crippen LogP contribution in [0.2, 0.25) is 0 Å². The molecule has 30 heavy (non-hydrogen) atoms. The van der Waals surface area contributed by atoms with E-state index in [1.54, 1.807) is 6.92 Å². The molecule has 1 N–H and O–H groups in total. The Labute approximate surface area is 178 Å². The highest BCUT2D eigenvalue weighted by Crippen LogP contribution is 2.33. The molecular formula is C22H23N3O4S. The van der Waals surface area contributed by atoms with E-state index in [4.69, 9.17) is 9.47 Å². The van der Waals surface area contributed by atoms with Crippen molar-refractivity contribution >= 4 is 39.2 Å². The SMILES string of the molecule is CCOC(=O)Nc1nc2c(s1)CN(C(=O)c1c(OCC)ccc3ccccc13)CC2. The zero-order valence-electron chi connectivity index (χ0n) is 16.9. The predicted molar refractivity (Wildman–Crippen MR) is 116 cm³/mol. The van der Waals surface area contributed by atoms with Crippen molar-refractivity contribution in [3.63, 3.8) is 0 Å². The van der Waals surface area contributed by atoms with Crippen molar-refractivity contribution in [1.82, 2.24) is 9.88 Å². The first-order valence-corrected chi connectivity index (χ1v) is 10.8. The number of ether oxygens (including phenoxy) is 2. The summed E-state index contributed by atoms with van der Waals surface area (Å²) in [6.45, 7) is 5.45. The quantitative estimate of drug-likeness (QED) is 0.653. The van der Waals surface area contributed by atoms with Gasteiger partial charge >= 0.3 is 6.09 Å². The Hall–Kier alpha value is -3.13. The van der Waals surface area contributed by atoms with Crippen molar-refractivity contribution in [3.05, 3.63) is 52.5 Å². The number of hydrogen-bond donors (Lipinski definition) is 1. The minimum Gasteiger partial charge on any atom is -0.493 e. The van der Waals surface area contributed by atoms with Crippen molar-refractivity contribution in [2.45, 2.75) is 26.8 Å². The highest BCUT2D eigenvalue weighted by Gasteiger charge is 2.28. The second kappa shape index (κ2) is 8.71. The van der Waals surface area contributed by atoms with Gasteiger partial charge in [-0.05, 0) is 30.7 Å². The van der Waals surface area contributed by atoms with E-state index < -0.39 is 6.09 Å². The van der Waals surface area contributed by atoms with Crippen LogP contribution in [0, 0.1) is 0 Å². The number of amides is 2. The third-order valence-electron chi connectivity index (χ3n) is 4.91. The molecule has 1 aliphatic heterocycles. The molecule has 0 atom stereocenters. The van der Waals surface area contributed by atoms with E-state index in [0.717, 1.165) is 21.3 Å². The number of nitrogens with one attached hydrogen (secondary N) is 1. The Kier molecular flexibility index (Phi) is 5.85. The molecule has 1 aliphatic rings. The Morgan fingerprint density at radius 1 is 1.17 bits per heavy atom. The molecule has 0 saturated carbocycles. The molecular weight excluding hydrogens is 402 g/mol. The molecule has 1 aromatic heterocycles. The second-order valence-electron chi connectivity index (χ2n) is 6.80. The molecule has 0 bridgehead atoms. The van der Waals surface area contributed by atoms with Gasteiger partial charge in [0.25, 0.3) is 5.91 Å². The van der Waals surface area contributed by atoms with E-state index in [1.807, 2.05) is 48.2 Å². The van der Waals surface area contributed by atoms with Crippen LogP contribution in [-0.4, -0.2) is 41.6 Å². The molecule has 0 aliphatic carbocycles. The van der Waals surface area contributed by atoms with Crippen LogP contribution in [0.1, 0.15) is 34.8 Å². The maximum Gasteiger partial charge on any atom is 0.413 e. The highest BCUT2D eigenvalue weighted by molar-refractivity contribution is 7.15. The topological polar surface area (TPSA) is 80.8 Å². The molecule has 156 valence electrons. The van der Waals surface area contributed by atoms with Gasteiger partial charge in [0.1, 0.15) is 5.75 Å². The van der Waals surface area contributed by atoms with Crippen molar-refractivity contribution in [2.24, 2.45) is 0 Å². The molecule has 3 aromatic rings. The standard InChI is InChI=1S/C22H23N3O4S/c1-3-28-17-10-9-14-7-5-6-8-15(14)19(17)20(26)25-12-11-16-18(13-25)30-21(23-16)24-22(27)29-4-2/h5-10H,3-4,11-13H2,1-2H3,(H,23,24,27). The summed E-state index contributed by atoms with van der Waals surface area (Å²) < 4.78 is 10.7. The molecule has 2 heterocycles. The van der Waals surface area contributed by atoms with E-state index in [1.165, 1.54) is 11.3 Å². The van der Waals surface area contributed by atoms with Crippen LogP contribution >= 0.6 is 11.3 Å². The van der Waals surface area contributed by atoms with Gasteiger partial charge in [0, 0.05) is 17.8 Å². The maximum atomic E-state index is 13.5. The smallest absolute Gasteiger partial charge is 0.413 e. The second-order valence-corrected chi connectivity index (χ2v) is 7.89. The summed E-state index contributed by atoms with van der Waals surface area (Å²) in [5, 5.41) is 5.03. The molecule has 4 rings (SSSR count). The number of anilines is 1. The van der Waals surface area contributed by atoms with E-state index >= 15 is 0 Å². The summed E-state index contributed by atoms with van der Waals surface area (Å²) in [6, 6.07) is 11.7. The van der Waals surface area contributed by atoms with Crippen LogP contribution in [0.3, 0.4) is 0 Å². The van der Waals surface area contributed by atoms with Crippen molar-refractivity contribution in [3.8, 4) is 5.75 Å². The van der Waals surface area contributed by atoms with Gasteiger partial charge in [-0.25, -0.2) is 9.78 Å². The predicted octanol–water partition coefficient (Wildman–Crippen LogP) is 4.46. The average Bonchev–Trinajstić information content (AvgIpc) is 3.14. The van der Waals surface area contributed by atoms with Gasteiger partial charge in [0.2, 0.25) is 0 Å². The van der Waals surface area contributed by atoms with E-state index in [9.17, 15) is 9.59 Å². The lowest BCUT2D eigenvalue weighted by Gasteiger charge is -2.27. The molecule has 2 aromatic carbocycles. The summed E-state index contributed by atoms with van der Waals surface area (Å²) in [7, 11) is 0. The van der Waals surface area contributed by atoms with Crippen molar-refractivity contribution < 1.29 is 19.1 Å². The number of carbonyl (C=O) groups excluding carboxylic acids is 2. The number of nitrogens with zero attached hydrogens (tertiary/aromatic N) is 2. The maximum absolute atomic E-state index is 13.5. The zero-order chi connectivity index (χ0) is 21.1. The number of benzene rings is 2. The van der Waals surface area contributed by atoms with Gasteiger partial charge in [0.05, 0.1) is 31.0 Å². The van der Waals surface area contributed by atoms with Gasteiger partial charge < -0.3 is 14.4 Å². The fourth-order valence-electron chi connectivity index (χ4n) is 3.58. The summed E-state index contributed by atoms with van der Waals surface area (Å²) in [5.74, 6) is 0.537. The van der Waals surface area contributed by atoms with E-state index in [-0.39, 0.29) is 5.91 Å². The lowest BCUT2D eigenvalue weighted by molar-refractivity contribution is 0.0734. The fraction of sp³-hybridized carbons (Fsp3) is 0.318. The monoisotopic (exact) mass is 425 g/mol. The number of thiazole rings is 1. The minimum absolute atomic E-state index is 0.0609. The Morgan fingerprint density at radius 3 is 2.80 bits per heavy atom. The third kappa shape index (κ3) is 3.95. The number of rotatable bonds is 5. The van der Waals surface area contributed by atoms with E-state index in [0.29, 0.717) is 49.2 Å². The lowest BCUT2D eigenvalue weighted by atomic mass is 10.0. The molecule has 0 unspecified atom stereocenters. The van der Waals surface area contributed by atoms with Crippen LogP contribution in [0.5, 0.6) is 5.75 Å². The van der Waals surface area contributed by atoms with Gasteiger partial charge in [-0.2, -0.15) is 0 Å². The van der Waals surface area contributed by atoms with Gasteiger partial charge in [-0.1, -0.05) is 41.7 Å². The molecule has 2 amide bonds. The molecule has 0 radical (unpaired) electrons. The third-order valence-corrected chi connectivity index (χ3v) is 5.91. The van der Waals surface area contributed by atoms with Crippen LogP contribution < -0.4 is 10.1 Å². The number of carbonyl (C=O) groups is 2. The number of fused-ring (bicyclic) bond motifs is 2. The summed E-state index contributed by atoms with van der Waals surface area (Å²) in [5.41, 5.74) is 1.51. The first-order chi connectivity index (χ1) is 14.6. The first-order valence-electron chi connectivity index (χ1n) is 9.96. The molecule has 7 nitrogen and oxygen atoms in total. The van der Waals surface area contributed by atoms with Gasteiger partial charge in [0.15, 0.2) is 5.13 Å². The first kappa shape index (κ1) is 20.2. The summed E-state index contributed by atoms with van der Waals surface area (Å²) in [6.07, 6.45) is 0.116. The Morgan fingerprint density at radius 2 is 2.00 bits per heavy atom. The fourth-order valence-corrected chi connectivity index (χ4v) is 4.59. The Bertz CT molecular complexity index is 1100. The average molecular weight is 426 g/mol. The number of aromatic nitrogens is 1.